The van der Waals surface area contributed by atoms with Gasteiger partial charge in [-0.15, -0.1) is 16.4 Å². The fourth-order valence-corrected chi connectivity index (χ4v) is 4.89. The Balaban J connectivity index is 1.97. The lowest BCUT2D eigenvalue weighted by Gasteiger charge is -2.10. The number of esters is 2. The summed E-state index contributed by atoms with van der Waals surface area (Å²) < 4.78 is 11.9. The van der Waals surface area contributed by atoms with Crippen LogP contribution in [-0.4, -0.2) is 45.4 Å². The van der Waals surface area contributed by atoms with Crippen LogP contribution in [0.4, 0.5) is 5.00 Å². The monoisotopic (exact) mass is 461 g/mol. The van der Waals surface area contributed by atoms with Crippen molar-refractivity contribution in [3.05, 3.63) is 45.3 Å². The molecule has 11 heteroatoms. The Morgan fingerprint density at radius 2 is 1.87 bits per heavy atom. The second-order valence-corrected chi connectivity index (χ2v) is 8.54. The molecule has 2 aromatic heterocycles. The van der Waals surface area contributed by atoms with E-state index in [4.69, 9.17) is 15.2 Å². The van der Waals surface area contributed by atoms with Crippen LogP contribution in [0.25, 0.3) is 5.69 Å². The van der Waals surface area contributed by atoms with E-state index in [1.807, 2.05) is 32.0 Å². The fourth-order valence-electron chi connectivity index (χ4n) is 2.92. The lowest BCUT2D eigenvalue weighted by atomic mass is 10.1. The van der Waals surface area contributed by atoms with Gasteiger partial charge >= 0.3 is 11.9 Å². The molecule has 0 amide bonds. The number of nitrogen functional groups attached to an aromatic ring is 1. The van der Waals surface area contributed by atoms with Gasteiger partial charge in [-0.3, -0.25) is 0 Å². The first-order valence-corrected chi connectivity index (χ1v) is 11.4. The largest absolute Gasteiger partial charge is 0.462 e. The summed E-state index contributed by atoms with van der Waals surface area (Å²) in [4.78, 5) is 25.3. The number of ether oxygens (including phenoxy) is 2. The SMILES string of the molecule is CCOC(=O)c1sc(N)c(C(=O)OCC)c1CSc1nnnn1-c1cc(C)ccc1C. The summed E-state index contributed by atoms with van der Waals surface area (Å²) in [5.41, 5.74) is 9.66. The number of benzene rings is 1. The maximum absolute atomic E-state index is 12.5. The Labute approximate surface area is 187 Å². The highest BCUT2D eigenvalue weighted by Crippen LogP contribution is 2.36. The van der Waals surface area contributed by atoms with E-state index in [9.17, 15) is 9.59 Å². The minimum Gasteiger partial charge on any atom is -0.462 e. The molecule has 164 valence electrons. The van der Waals surface area contributed by atoms with Crippen molar-refractivity contribution in [2.24, 2.45) is 0 Å². The normalized spacial score (nSPS) is 10.8. The van der Waals surface area contributed by atoms with Crippen LogP contribution >= 0.6 is 23.1 Å². The van der Waals surface area contributed by atoms with E-state index < -0.39 is 11.9 Å². The number of aromatic nitrogens is 4. The Kier molecular flexibility index (Phi) is 7.29. The zero-order valence-electron chi connectivity index (χ0n) is 17.7. The quantitative estimate of drug-likeness (QED) is 0.396. The van der Waals surface area contributed by atoms with Gasteiger partial charge in [0.05, 0.1) is 24.5 Å². The van der Waals surface area contributed by atoms with Crippen molar-refractivity contribution in [2.45, 2.75) is 38.6 Å². The Morgan fingerprint density at radius 3 is 2.58 bits per heavy atom. The molecule has 0 unspecified atom stereocenters. The van der Waals surface area contributed by atoms with Crippen LogP contribution in [0.15, 0.2) is 23.4 Å². The lowest BCUT2D eigenvalue weighted by molar-refractivity contribution is 0.0527. The van der Waals surface area contributed by atoms with Crippen LogP contribution in [-0.2, 0) is 15.2 Å². The number of anilines is 1. The summed E-state index contributed by atoms with van der Waals surface area (Å²) >= 11 is 2.31. The molecule has 3 aromatic rings. The first-order valence-electron chi connectivity index (χ1n) is 9.61. The highest BCUT2D eigenvalue weighted by Gasteiger charge is 2.28. The number of aryl methyl sites for hydroxylation is 2. The van der Waals surface area contributed by atoms with Gasteiger partial charge in [0, 0.05) is 11.3 Å². The van der Waals surface area contributed by atoms with Gasteiger partial charge < -0.3 is 15.2 Å². The van der Waals surface area contributed by atoms with Crippen LogP contribution in [0.5, 0.6) is 0 Å². The molecule has 0 saturated carbocycles. The summed E-state index contributed by atoms with van der Waals surface area (Å²) in [6.07, 6.45) is 0. The second kappa shape index (κ2) is 9.92. The Morgan fingerprint density at radius 1 is 1.16 bits per heavy atom. The number of nitrogens with two attached hydrogens (primary N) is 1. The van der Waals surface area contributed by atoms with Crippen molar-refractivity contribution in [2.75, 3.05) is 18.9 Å². The minimum absolute atomic E-state index is 0.188. The minimum atomic E-state index is -0.573. The molecule has 0 aliphatic rings. The predicted molar refractivity (Wildman–Crippen MR) is 119 cm³/mol. The molecular weight excluding hydrogens is 438 g/mol. The summed E-state index contributed by atoms with van der Waals surface area (Å²) in [7, 11) is 0. The summed E-state index contributed by atoms with van der Waals surface area (Å²) in [5, 5.41) is 12.7. The zero-order chi connectivity index (χ0) is 22.5. The van der Waals surface area contributed by atoms with E-state index >= 15 is 0 Å². The van der Waals surface area contributed by atoms with Gasteiger partial charge in [-0.1, -0.05) is 23.9 Å². The van der Waals surface area contributed by atoms with Crippen molar-refractivity contribution in [1.29, 1.82) is 0 Å². The van der Waals surface area contributed by atoms with Crippen molar-refractivity contribution >= 4 is 40.0 Å². The fraction of sp³-hybridized carbons (Fsp3) is 0.350. The van der Waals surface area contributed by atoms with Crippen LogP contribution in [0.2, 0.25) is 0 Å². The van der Waals surface area contributed by atoms with E-state index in [0.29, 0.717) is 10.7 Å². The number of carbonyl (C=O) groups is 2. The van der Waals surface area contributed by atoms with Crippen molar-refractivity contribution < 1.29 is 19.1 Å². The summed E-state index contributed by atoms with van der Waals surface area (Å²) in [6.45, 7) is 7.80. The highest BCUT2D eigenvalue weighted by atomic mass is 32.2. The van der Waals surface area contributed by atoms with Gasteiger partial charge in [-0.2, -0.15) is 4.68 Å². The molecule has 1 aromatic carbocycles. The standard InChI is InChI=1S/C20H23N5O4S2/c1-5-28-18(26)15-13(16(31-17(15)21)19(27)29-6-2)10-30-20-22-23-24-25(20)14-9-11(3)7-8-12(14)4/h7-9H,5-6,10,21H2,1-4H3. The van der Waals surface area contributed by atoms with E-state index in [1.165, 1.54) is 11.8 Å². The maximum atomic E-state index is 12.5. The number of hydrogen-bond donors (Lipinski definition) is 1. The molecule has 2 heterocycles. The van der Waals surface area contributed by atoms with Gasteiger partial charge in [-0.25, -0.2) is 9.59 Å². The number of hydrogen-bond acceptors (Lipinski definition) is 10. The molecule has 9 nitrogen and oxygen atoms in total. The van der Waals surface area contributed by atoms with Crippen molar-refractivity contribution in [3.8, 4) is 5.69 Å². The third-order valence-electron chi connectivity index (χ3n) is 4.35. The van der Waals surface area contributed by atoms with E-state index in [-0.39, 0.29) is 34.4 Å². The molecule has 0 aliphatic heterocycles. The number of carbonyl (C=O) groups excluding carboxylic acids is 2. The van der Waals surface area contributed by atoms with Crippen LogP contribution in [0.1, 0.15) is 50.6 Å². The first kappa shape index (κ1) is 22.8. The van der Waals surface area contributed by atoms with Crippen molar-refractivity contribution in [1.82, 2.24) is 20.2 Å². The molecular formula is C20H23N5O4S2. The summed E-state index contributed by atoms with van der Waals surface area (Å²) in [5.74, 6) is -0.864. The lowest BCUT2D eigenvalue weighted by Crippen LogP contribution is -2.11. The van der Waals surface area contributed by atoms with Crippen LogP contribution in [0, 0.1) is 13.8 Å². The third-order valence-corrected chi connectivity index (χ3v) is 6.34. The smallest absolute Gasteiger partial charge is 0.348 e. The molecule has 3 rings (SSSR count). The Bertz CT molecular complexity index is 1110. The van der Waals surface area contributed by atoms with E-state index in [1.54, 1.807) is 18.5 Å². The molecule has 0 saturated heterocycles. The Hall–Kier alpha value is -2.92. The molecule has 31 heavy (non-hydrogen) atoms. The van der Waals surface area contributed by atoms with Gasteiger partial charge in [0.2, 0.25) is 5.16 Å². The number of tetrazole rings is 1. The molecule has 0 atom stereocenters. The second-order valence-electron chi connectivity index (χ2n) is 6.54. The predicted octanol–water partition coefficient (Wildman–Crippen LogP) is 3.57. The zero-order valence-corrected chi connectivity index (χ0v) is 19.3. The molecule has 0 aliphatic carbocycles. The number of rotatable bonds is 8. The molecule has 0 spiro atoms. The molecule has 0 bridgehead atoms. The van der Waals surface area contributed by atoms with Crippen LogP contribution < -0.4 is 5.73 Å². The molecule has 0 fully saturated rings. The first-order chi connectivity index (χ1) is 14.9. The van der Waals surface area contributed by atoms with Gasteiger partial charge in [0.15, 0.2) is 0 Å². The number of thioether (sulfide) groups is 1. The summed E-state index contributed by atoms with van der Waals surface area (Å²) in [6, 6.07) is 6.01. The van der Waals surface area contributed by atoms with E-state index in [2.05, 4.69) is 15.5 Å². The van der Waals surface area contributed by atoms with Crippen molar-refractivity contribution in [3.63, 3.8) is 0 Å². The number of nitrogens with zero attached hydrogens (tertiary/aromatic N) is 4. The highest BCUT2D eigenvalue weighted by molar-refractivity contribution is 7.98. The molecule has 2 N–H and O–H groups in total. The average molecular weight is 462 g/mol. The average Bonchev–Trinajstić information content (AvgIpc) is 3.32. The third kappa shape index (κ3) is 4.88. The maximum Gasteiger partial charge on any atom is 0.348 e. The van der Waals surface area contributed by atoms with Gasteiger partial charge in [0.25, 0.3) is 0 Å². The topological polar surface area (TPSA) is 122 Å². The number of thiophene rings is 1. The van der Waals surface area contributed by atoms with E-state index in [0.717, 1.165) is 28.2 Å². The van der Waals surface area contributed by atoms with Gasteiger partial charge in [-0.05, 0) is 55.3 Å². The molecule has 0 radical (unpaired) electrons. The van der Waals surface area contributed by atoms with Gasteiger partial charge in [0.1, 0.15) is 9.88 Å². The van der Waals surface area contributed by atoms with Crippen LogP contribution in [0.3, 0.4) is 0 Å².